The fraction of sp³-hybridized carbons (Fsp3) is 0.508. The third-order valence-electron chi connectivity index (χ3n) is 17.5. The zero-order chi connectivity index (χ0) is 50.9. The van der Waals surface area contributed by atoms with Crippen molar-refractivity contribution in [2.24, 2.45) is 11.8 Å². The van der Waals surface area contributed by atoms with Gasteiger partial charge in [0.05, 0.1) is 41.5 Å². The molecule has 2 amide bonds. The van der Waals surface area contributed by atoms with Crippen LogP contribution in [0.15, 0.2) is 97.6 Å². The molecule has 1 aliphatic carbocycles. The van der Waals surface area contributed by atoms with E-state index in [0.717, 1.165) is 123 Å². The summed E-state index contributed by atoms with van der Waals surface area (Å²) < 4.78 is 9.18. The molecule has 4 aliphatic heterocycles. The van der Waals surface area contributed by atoms with Gasteiger partial charge in [-0.2, -0.15) is 15.5 Å². The van der Waals surface area contributed by atoms with Gasteiger partial charge in [-0.1, -0.05) is 48.5 Å². The molecule has 74 heavy (non-hydrogen) atoms. The molecule has 1 N–H and O–H groups in total. The average Bonchev–Trinajstić information content (AvgIpc) is 3.83. The summed E-state index contributed by atoms with van der Waals surface area (Å²) >= 11 is 0. The van der Waals surface area contributed by atoms with Gasteiger partial charge in [0, 0.05) is 118 Å². The number of hydrogen-bond acceptors (Lipinski definition) is 11. The fourth-order valence-electron chi connectivity index (χ4n) is 12.7. The number of amides is 2. The summed E-state index contributed by atoms with van der Waals surface area (Å²) in [7, 11) is 0. The predicted octanol–water partition coefficient (Wildman–Crippen LogP) is 8.17. The van der Waals surface area contributed by atoms with Crippen LogP contribution in [0.4, 0.5) is 16.2 Å². The maximum Gasteiger partial charge on any atom is 0.409 e. The van der Waals surface area contributed by atoms with Crippen molar-refractivity contribution in [1.82, 2.24) is 38.8 Å². The van der Waals surface area contributed by atoms with Crippen LogP contribution >= 0.6 is 0 Å². The Morgan fingerprint density at radius 2 is 1.31 bits per heavy atom. The minimum Gasteiger partial charge on any atom is -0.448 e. The first kappa shape index (κ1) is 49.7. The Morgan fingerprint density at radius 3 is 1.88 bits per heavy atom. The topological polar surface area (TPSA) is 141 Å². The van der Waals surface area contributed by atoms with Crippen LogP contribution in [0, 0.1) is 23.2 Å². The molecule has 11 rings (SSSR count). The minimum atomic E-state index is -0.355. The van der Waals surface area contributed by atoms with E-state index in [-0.39, 0.29) is 37.1 Å². The molecule has 8 heterocycles. The number of likely N-dealkylation sites (tertiary alicyclic amines) is 2. The van der Waals surface area contributed by atoms with Crippen molar-refractivity contribution in [1.29, 1.82) is 5.26 Å². The van der Waals surface area contributed by atoms with Gasteiger partial charge in [-0.05, 0) is 137 Å². The maximum atomic E-state index is 14.0. The number of anilines is 2. The van der Waals surface area contributed by atoms with E-state index in [1.54, 1.807) is 4.90 Å². The van der Waals surface area contributed by atoms with Gasteiger partial charge in [0.2, 0.25) is 5.91 Å². The van der Waals surface area contributed by atoms with Crippen molar-refractivity contribution in [3.8, 4) is 28.3 Å². The lowest BCUT2D eigenvalue weighted by Crippen LogP contribution is -2.49. The van der Waals surface area contributed by atoms with E-state index in [9.17, 15) is 14.7 Å². The largest absolute Gasteiger partial charge is 0.448 e. The number of carbonyl (C=O) groups excluding carboxylic acids is 2. The molecule has 1 saturated carbocycles. The third kappa shape index (κ3) is 10.2. The van der Waals surface area contributed by atoms with E-state index in [1.807, 2.05) is 27.5 Å². The number of benzene rings is 2. The highest BCUT2D eigenvalue weighted by Gasteiger charge is 2.46. The number of hydrogen-bond donors (Lipinski definition) is 1. The number of aromatic nitrogens is 4. The first-order chi connectivity index (χ1) is 36.1. The lowest BCUT2D eigenvalue weighted by atomic mass is 9.73. The van der Waals surface area contributed by atoms with Crippen LogP contribution in [0.2, 0.25) is 0 Å². The fourth-order valence-corrected chi connectivity index (χ4v) is 12.7. The van der Waals surface area contributed by atoms with Gasteiger partial charge in [0.15, 0.2) is 0 Å². The average molecular weight is 1000 g/mol. The number of carbonyl (C=O) groups is 2. The van der Waals surface area contributed by atoms with Crippen molar-refractivity contribution in [2.45, 2.75) is 89.1 Å². The van der Waals surface area contributed by atoms with Gasteiger partial charge >= 0.3 is 6.09 Å². The van der Waals surface area contributed by atoms with Crippen LogP contribution in [0.3, 0.4) is 0 Å². The standard InChI is InChI=1S/C59H73N11O4/c1-42(2)63-23-17-59(41-71,18-24-63)51-13-11-46(12-14-51)50-37-56-53(15-20-62-70(56)40-50)64-25-29-66(30-26-64)57(72)52-35-48(52)34-43(3)68-22-4-6-47(38-68)44-7-9-45(10-8-44)49-36-55-54(16-21-61-69(55)39-49)65-27-31-67(32-28-65)58(73)74-33-5-19-60/h7-16,20-21,36-37,39-40,42-43,47-48,52,71H,4-6,17-18,22-35,38,41H2,1-3H3/t43?,47-,48?,52?/m1/s1. The van der Waals surface area contributed by atoms with Crippen LogP contribution in [-0.2, 0) is 14.9 Å². The maximum absolute atomic E-state index is 14.0. The monoisotopic (exact) mass is 1000 g/mol. The molecule has 6 aromatic rings. The smallest absolute Gasteiger partial charge is 0.409 e. The van der Waals surface area contributed by atoms with Crippen LogP contribution in [0.5, 0.6) is 0 Å². The summed E-state index contributed by atoms with van der Waals surface area (Å²) in [5, 5.41) is 28.7. The number of aliphatic hydroxyl groups is 1. The van der Waals surface area contributed by atoms with E-state index >= 15 is 0 Å². The molecule has 0 bridgehead atoms. The molecule has 4 aromatic heterocycles. The molecule has 388 valence electrons. The van der Waals surface area contributed by atoms with Gasteiger partial charge in [-0.3, -0.25) is 4.79 Å². The summed E-state index contributed by atoms with van der Waals surface area (Å²) in [6.07, 6.45) is 14.2. The summed E-state index contributed by atoms with van der Waals surface area (Å²) in [5.41, 5.74) is 11.3. The second-order valence-corrected chi connectivity index (χ2v) is 22.1. The molecular formula is C59H73N11O4. The van der Waals surface area contributed by atoms with Gasteiger partial charge < -0.3 is 39.2 Å². The van der Waals surface area contributed by atoms with E-state index in [1.165, 1.54) is 24.0 Å². The number of rotatable bonds is 14. The Kier molecular flexibility index (Phi) is 14.4. The van der Waals surface area contributed by atoms with Crippen molar-refractivity contribution in [3.63, 3.8) is 0 Å². The second kappa shape index (κ2) is 21.4. The van der Waals surface area contributed by atoms with Crippen molar-refractivity contribution in [2.75, 3.05) is 102 Å². The molecule has 5 aliphatic rings. The van der Waals surface area contributed by atoms with Gasteiger partial charge in [-0.25, -0.2) is 13.8 Å². The van der Waals surface area contributed by atoms with Crippen LogP contribution in [0.25, 0.3) is 33.3 Å². The second-order valence-electron chi connectivity index (χ2n) is 22.1. The molecular weight excluding hydrogens is 927 g/mol. The number of aliphatic hydroxyl groups excluding tert-OH is 1. The first-order valence-corrected chi connectivity index (χ1v) is 27.4. The first-order valence-electron chi connectivity index (χ1n) is 27.4. The van der Waals surface area contributed by atoms with Gasteiger partial charge in [0.25, 0.3) is 0 Å². The number of nitrogens with zero attached hydrogens (tertiary/aromatic N) is 11. The SMILES string of the molecule is CC(C)N1CCC(CO)(c2ccc(-c3cc4c(N5CCN(C(=O)C6CC6CC(C)N6CCC[C@@H](c7ccc(-c8cc9c(N%10CCN(C(=O)OCCC#N)CC%10)ccnn9c8)cc7)C6)CC5)ccnn4c3)cc2)CC1. The predicted molar refractivity (Wildman–Crippen MR) is 289 cm³/mol. The molecule has 5 fully saturated rings. The number of piperidine rings is 2. The molecule has 0 spiro atoms. The van der Waals surface area contributed by atoms with Crippen molar-refractivity contribution >= 4 is 34.4 Å². The number of nitriles is 1. The molecule has 15 heteroatoms. The number of ether oxygens (including phenoxy) is 1. The summed E-state index contributed by atoms with van der Waals surface area (Å²) in [6, 6.07) is 29.6. The van der Waals surface area contributed by atoms with Gasteiger partial charge in [0.1, 0.15) is 6.61 Å². The number of piperazine rings is 2. The lowest BCUT2D eigenvalue weighted by molar-refractivity contribution is -0.133. The molecule has 2 aromatic carbocycles. The van der Waals surface area contributed by atoms with E-state index < -0.39 is 0 Å². The Labute approximate surface area is 435 Å². The zero-order valence-corrected chi connectivity index (χ0v) is 43.6. The highest BCUT2D eigenvalue weighted by atomic mass is 16.6. The zero-order valence-electron chi connectivity index (χ0n) is 43.6. The Hall–Kier alpha value is -6.47. The van der Waals surface area contributed by atoms with Crippen LogP contribution in [-0.4, -0.2) is 160 Å². The molecule has 3 unspecified atom stereocenters. The number of fused-ring (bicyclic) bond motifs is 2. The van der Waals surface area contributed by atoms with E-state index in [0.29, 0.717) is 56.0 Å². The van der Waals surface area contributed by atoms with E-state index in [2.05, 4.69) is 136 Å². The summed E-state index contributed by atoms with van der Waals surface area (Å²) in [5.74, 6) is 1.42. The highest BCUT2D eigenvalue weighted by Crippen LogP contribution is 2.45. The molecule has 15 nitrogen and oxygen atoms in total. The summed E-state index contributed by atoms with van der Waals surface area (Å²) in [6.45, 7) is 16.9. The lowest BCUT2D eigenvalue weighted by Gasteiger charge is -2.42. The quantitative estimate of drug-likeness (QED) is 0.106. The molecule has 4 saturated heterocycles. The molecule has 0 radical (unpaired) electrons. The Bertz CT molecular complexity index is 2960. The third-order valence-corrected chi connectivity index (χ3v) is 17.5. The van der Waals surface area contributed by atoms with E-state index in [4.69, 9.17) is 15.1 Å². The van der Waals surface area contributed by atoms with Gasteiger partial charge in [-0.15, -0.1) is 0 Å². The normalized spacial score (nSPS) is 22.1. The van der Waals surface area contributed by atoms with Crippen molar-refractivity contribution < 1.29 is 19.4 Å². The van der Waals surface area contributed by atoms with Crippen LogP contribution in [0.1, 0.15) is 82.8 Å². The minimum absolute atomic E-state index is 0.124. The van der Waals surface area contributed by atoms with Crippen molar-refractivity contribution in [3.05, 3.63) is 109 Å². The highest BCUT2D eigenvalue weighted by molar-refractivity contribution is 5.83. The summed E-state index contributed by atoms with van der Waals surface area (Å²) in [4.78, 5) is 40.1. The Balaban J connectivity index is 0.651. The molecule has 4 atom stereocenters. The van der Waals surface area contributed by atoms with Crippen LogP contribution < -0.4 is 9.80 Å². The Morgan fingerprint density at radius 1 is 0.730 bits per heavy atom.